The molecule has 0 unspecified atom stereocenters. The summed E-state index contributed by atoms with van der Waals surface area (Å²) in [6.07, 6.45) is 2.70. The van der Waals surface area contributed by atoms with Crippen molar-refractivity contribution < 1.29 is 19.1 Å². The van der Waals surface area contributed by atoms with E-state index in [0.29, 0.717) is 45.2 Å². The number of benzene rings is 1. The summed E-state index contributed by atoms with van der Waals surface area (Å²) in [5.41, 5.74) is 7.20. The van der Waals surface area contributed by atoms with Crippen molar-refractivity contribution in [3.8, 4) is 0 Å². The van der Waals surface area contributed by atoms with Gasteiger partial charge in [0.1, 0.15) is 0 Å². The van der Waals surface area contributed by atoms with E-state index in [-0.39, 0.29) is 11.8 Å². The Morgan fingerprint density at radius 3 is 2.47 bits per heavy atom. The first-order valence-electron chi connectivity index (χ1n) is 9.76. The smallest absolute Gasteiger partial charge is 0.245 e. The van der Waals surface area contributed by atoms with Gasteiger partial charge in [0.2, 0.25) is 5.95 Å². The van der Waals surface area contributed by atoms with Gasteiger partial charge >= 0.3 is 0 Å². The molecule has 0 radical (unpaired) electrons. The molecule has 2 aliphatic heterocycles. The van der Waals surface area contributed by atoms with Crippen molar-refractivity contribution in [2.45, 2.75) is 0 Å². The number of nitrogens with one attached hydrogen (secondary N) is 2. The molecule has 3 heterocycles. The predicted molar refractivity (Wildman–Crippen MR) is 111 cm³/mol. The van der Waals surface area contributed by atoms with Crippen molar-refractivity contribution in [2.75, 3.05) is 73.3 Å². The summed E-state index contributed by atoms with van der Waals surface area (Å²) < 4.78 is 24.8. The molecule has 2 aliphatic rings. The Labute approximate surface area is 173 Å². The molecule has 11 heteroatoms. The van der Waals surface area contributed by atoms with Crippen LogP contribution in [0.5, 0.6) is 0 Å². The molecule has 2 saturated heterocycles. The van der Waals surface area contributed by atoms with E-state index in [1.165, 1.54) is 0 Å². The number of hydrazone groups is 1. The van der Waals surface area contributed by atoms with Gasteiger partial charge in [0.05, 0.1) is 50.2 Å². The number of hydrogen-bond donors (Lipinski definition) is 3. The molecule has 0 atom stereocenters. The maximum atomic E-state index is 14.1. The van der Waals surface area contributed by atoms with Crippen LogP contribution in [0.25, 0.3) is 0 Å². The van der Waals surface area contributed by atoms with Crippen LogP contribution in [-0.4, -0.2) is 74.0 Å². The highest BCUT2D eigenvalue weighted by Gasteiger charge is 2.18. The van der Waals surface area contributed by atoms with Crippen LogP contribution in [-0.2, 0) is 9.47 Å². The lowest BCUT2D eigenvalue weighted by Crippen LogP contribution is -2.37. The summed E-state index contributed by atoms with van der Waals surface area (Å²) in [5, 5.41) is 13.7. The third kappa shape index (κ3) is 4.75. The Kier molecular flexibility index (Phi) is 6.52. The summed E-state index contributed by atoms with van der Waals surface area (Å²) in [7, 11) is 0. The average Bonchev–Trinajstić information content (AvgIpc) is 2.81. The second-order valence-electron chi connectivity index (χ2n) is 6.82. The molecular weight excluding hydrogens is 393 g/mol. The van der Waals surface area contributed by atoms with Gasteiger partial charge in [-0.2, -0.15) is 10.1 Å². The maximum Gasteiger partial charge on any atom is 0.245 e. The van der Waals surface area contributed by atoms with Gasteiger partial charge in [-0.15, -0.1) is 0 Å². The summed E-state index contributed by atoms with van der Waals surface area (Å²) >= 11 is 0. The van der Waals surface area contributed by atoms with Crippen molar-refractivity contribution >= 4 is 29.4 Å². The van der Waals surface area contributed by atoms with E-state index in [1.807, 2.05) is 17.0 Å². The van der Waals surface area contributed by atoms with E-state index in [4.69, 9.17) is 9.47 Å². The quantitative estimate of drug-likeness (QED) is 0.476. The van der Waals surface area contributed by atoms with Gasteiger partial charge in [0, 0.05) is 26.2 Å². The van der Waals surface area contributed by atoms with Crippen LogP contribution >= 0.6 is 0 Å². The minimum absolute atomic E-state index is 0.194. The normalized spacial score (nSPS) is 17.4. The van der Waals surface area contributed by atoms with Gasteiger partial charge in [-0.1, -0.05) is 6.07 Å². The highest BCUT2D eigenvalue weighted by atomic mass is 19.1. The molecule has 10 nitrogen and oxygen atoms in total. The monoisotopic (exact) mass is 417 g/mol. The molecule has 0 aliphatic carbocycles. The molecule has 1 aromatic heterocycles. The van der Waals surface area contributed by atoms with Crippen LogP contribution in [0, 0.1) is 5.82 Å². The van der Waals surface area contributed by atoms with Gasteiger partial charge in [-0.3, -0.25) is 10.7 Å². The lowest BCUT2D eigenvalue weighted by atomic mass is 10.1. The number of hydrogen-bond acceptors (Lipinski definition) is 10. The first-order chi connectivity index (χ1) is 14.7. The number of rotatable bonds is 6. The molecule has 2 aromatic rings. The molecule has 0 bridgehead atoms. The second kappa shape index (κ2) is 9.65. The zero-order chi connectivity index (χ0) is 20.8. The van der Waals surface area contributed by atoms with E-state index in [9.17, 15) is 9.60 Å². The number of nitrogens with zero attached hydrogens (tertiary/aromatic N) is 5. The summed E-state index contributed by atoms with van der Waals surface area (Å²) in [6, 6.07) is 5.58. The Hall–Kier alpha value is -3.02. The molecule has 0 saturated carbocycles. The topological polar surface area (TPSA) is 107 Å². The lowest BCUT2D eigenvalue weighted by Gasteiger charge is -2.30. The molecular formula is C19H24FN7O3. The summed E-state index contributed by atoms with van der Waals surface area (Å²) in [4.78, 5) is 12.1. The lowest BCUT2D eigenvalue weighted by molar-refractivity contribution is 0.122. The SMILES string of the molecule is ONc1cc(/C=N\Nc2ncc(F)c(N3CCOCC3)n2)ccc1N1CCOCC1. The van der Waals surface area contributed by atoms with E-state index >= 15 is 0 Å². The zero-order valence-corrected chi connectivity index (χ0v) is 16.4. The highest BCUT2D eigenvalue weighted by molar-refractivity contribution is 5.85. The fourth-order valence-electron chi connectivity index (χ4n) is 3.38. The summed E-state index contributed by atoms with van der Waals surface area (Å²) in [5.74, 6) is -0.0593. The number of halogens is 1. The standard InChI is InChI=1S/C19H24FN7O3/c20-15-13-21-19(23-18(15)27-5-9-30-10-6-27)24-22-12-14-1-2-17(16(11-14)25-28)26-3-7-29-8-4-26/h1-2,11-13,25,28H,3-10H2,(H,21,23,24)/b22-12-. The molecule has 0 amide bonds. The Balaban J connectivity index is 1.44. The average molecular weight is 417 g/mol. The number of ether oxygens (including phenoxy) is 2. The van der Waals surface area contributed by atoms with Crippen molar-refractivity contribution in [1.29, 1.82) is 0 Å². The molecule has 0 spiro atoms. The maximum absolute atomic E-state index is 14.1. The molecule has 2 fully saturated rings. The van der Waals surface area contributed by atoms with Crippen molar-refractivity contribution in [2.24, 2.45) is 5.10 Å². The Morgan fingerprint density at radius 1 is 1.07 bits per heavy atom. The molecule has 4 rings (SSSR count). The summed E-state index contributed by atoms with van der Waals surface area (Å²) in [6.45, 7) is 5.04. The van der Waals surface area contributed by atoms with Gasteiger partial charge in [0.25, 0.3) is 0 Å². The van der Waals surface area contributed by atoms with Crippen LogP contribution in [0.2, 0.25) is 0 Å². The minimum atomic E-state index is -0.483. The van der Waals surface area contributed by atoms with E-state index < -0.39 is 5.82 Å². The fourth-order valence-corrected chi connectivity index (χ4v) is 3.38. The molecule has 30 heavy (non-hydrogen) atoms. The van der Waals surface area contributed by atoms with Crippen LogP contribution in [0.3, 0.4) is 0 Å². The zero-order valence-electron chi connectivity index (χ0n) is 16.4. The van der Waals surface area contributed by atoms with Gasteiger partial charge in [0.15, 0.2) is 11.6 Å². The first kappa shape index (κ1) is 20.3. The molecule has 1 aromatic carbocycles. The van der Waals surface area contributed by atoms with Crippen LogP contribution < -0.4 is 20.7 Å². The van der Waals surface area contributed by atoms with Crippen LogP contribution in [0.4, 0.5) is 27.5 Å². The van der Waals surface area contributed by atoms with E-state index in [0.717, 1.165) is 30.5 Å². The number of anilines is 4. The highest BCUT2D eigenvalue weighted by Crippen LogP contribution is 2.27. The molecule has 160 valence electrons. The van der Waals surface area contributed by atoms with E-state index in [2.05, 4.69) is 30.9 Å². The Bertz CT molecular complexity index is 886. The minimum Gasteiger partial charge on any atom is -0.378 e. The largest absolute Gasteiger partial charge is 0.378 e. The second-order valence-corrected chi connectivity index (χ2v) is 6.82. The number of morpholine rings is 2. The third-order valence-electron chi connectivity index (χ3n) is 4.91. The Morgan fingerprint density at radius 2 is 1.77 bits per heavy atom. The van der Waals surface area contributed by atoms with E-state index in [1.54, 1.807) is 12.3 Å². The van der Waals surface area contributed by atoms with Crippen LogP contribution in [0.1, 0.15) is 5.56 Å². The predicted octanol–water partition coefficient (Wildman–Crippen LogP) is 1.54. The van der Waals surface area contributed by atoms with Crippen molar-refractivity contribution in [3.05, 3.63) is 35.8 Å². The van der Waals surface area contributed by atoms with Gasteiger partial charge < -0.3 is 19.3 Å². The van der Waals surface area contributed by atoms with Gasteiger partial charge in [-0.25, -0.2) is 14.8 Å². The first-order valence-corrected chi connectivity index (χ1v) is 9.76. The third-order valence-corrected chi connectivity index (χ3v) is 4.91. The van der Waals surface area contributed by atoms with Crippen molar-refractivity contribution in [3.63, 3.8) is 0 Å². The van der Waals surface area contributed by atoms with Crippen LogP contribution in [0.15, 0.2) is 29.5 Å². The molecule has 3 N–H and O–H groups in total. The van der Waals surface area contributed by atoms with Crippen molar-refractivity contribution in [1.82, 2.24) is 9.97 Å². The number of aromatic nitrogens is 2. The fraction of sp³-hybridized carbons (Fsp3) is 0.421. The van der Waals surface area contributed by atoms with Gasteiger partial charge in [-0.05, 0) is 17.7 Å².